The molecule has 1 atom stereocenters. The van der Waals surface area contributed by atoms with Crippen molar-refractivity contribution < 1.29 is 4.74 Å². The maximum atomic E-state index is 6.15. The van der Waals surface area contributed by atoms with Crippen molar-refractivity contribution in [3.8, 4) is 5.75 Å². The summed E-state index contributed by atoms with van der Waals surface area (Å²) in [5.41, 5.74) is 7.37. The maximum absolute atomic E-state index is 6.15. The molecule has 1 aliphatic carbocycles. The van der Waals surface area contributed by atoms with Crippen molar-refractivity contribution in [1.29, 1.82) is 0 Å². The van der Waals surface area contributed by atoms with Gasteiger partial charge in [-0.1, -0.05) is 25.0 Å². The average Bonchev–Trinajstić information content (AvgIpc) is 3.01. The summed E-state index contributed by atoms with van der Waals surface area (Å²) in [6.07, 6.45) is 4.08. The summed E-state index contributed by atoms with van der Waals surface area (Å²) in [6, 6.07) is 8.40. The van der Waals surface area contributed by atoms with Gasteiger partial charge in [-0.25, -0.2) is 0 Å². The lowest BCUT2D eigenvalue weighted by Gasteiger charge is -2.13. The van der Waals surface area contributed by atoms with E-state index in [1.807, 2.05) is 26.0 Å². The Hall–Kier alpha value is -0.730. The summed E-state index contributed by atoms with van der Waals surface area (Å²) in [5, 5.41) is 0. The van der Waals surface area contributed by atoms with Crippen LogP contribution < -0.4 is 10.5 Å². The van der Waals surface area contributed by atoms with Gasteiger partial charge in [0.25, 0.3) is 0 Å². The third-order valence-electron chi connectivity index (χ3n) is 2.96. The Balaban J connectivity index is 0.00000144. The number of hydrogen-bond donors (Lipinski definition) is 1. The van der Waals surface area contributed by atoms with Crippen LogP contribution in [-0.4, -0.2) is 6.10 Å². The molecule has 1 aliphatic rings. The molecule has 0 radical (unpaired) electrons. The van der Waals surface area contributed by atoms with Gasteiger partial charge >= 0.3 is 0 Å². The molecule has 0 amide bonds. The maximum Gasteiger partial charge on any atom is 0.119 e. The van der Waals surface area contributed by atoms with Gasteiger partial charge in [-0.3, -0.25) is 0 Å². The summed E-state index contributed by atoms with van der Waals surface area (Å²) in [5.74, 6) is 1.80. The number of halogens is 1. The summed E-state index contributed by atoms with van der Waals surface area (Å²) < 4.78 is 5.60. The van der Waals surface area contributed by atoms with Crippen LogP contribution in [0.1, 0.15) is 44.7 Å². The largest absolute Gasteiger partial charge is 0.491 e. The molecule has 1 fully saturated rings. The van der Waals surface area contributed by atoms with Crippen LogP contribution in [0, 0.1) is 5.92 Å². The molecule has 17 heavy (non-hydrogen) atoms. The van der Waals surface area contributed by atoms with Gasteiger partial charge in [0.15, 0.2) is 0 Å². The highest BCUT2D eigenvalue weighted by atomic mass is 35.5. The second-order valence-electron chi connectivity index (χ2n) is 5.02. The lowest BCUT2D eigenvalue weighted by Crippen LogP contribution is -2.11. The Morgan fingerprint density at radius 2 is 1.82 bits per heavy atom. The Kier molecular flexibility index (Phi) is 5.29. The Morgan fingerprint density at radius 3 is 2.29 bits per heavy atom. The zero-order valence-corrected chi connectivity index (χ0v) is 11.4. The van der Waals surface area contributed by atoms with E-state index in [-0.39, 0.29) is 24.6 Å². The van der Waals surface area contributed by atoms with Crippen LogP contribution in [0.25, 0.3) is 0 Å². The Bertz CT molecular complexity index is 333. The van der Waals surface area contributed by atoms with Gasteiger partial charge in [0.05, 0.1) is 6.10 Å². The highest BCUT2D eigenvalue weighted by Gasteiger charge is 2.24. The number of benzene rings is 1. The molecule has 0 unspecified atom stereocenters. The Labute approximate surface area is 110 Å². The summed E-state index contributed by atoms with van der Waals surface area (Å²) >= 11 is 0. The molecule has 0 bridgehead atoms. The summed E-state index contributed by atoms with van der Waals surface area (Å²) in [7, 11) is 0. The number of rotatable bonds is 5. The molecule has 1 saturated carbocycles. The fraction of sp³-hybridized carbons (Fsp3) is 0.571. The van der Waals surface area contributed by atoms with E-state index in [1.54, 1.807) is 0 Å². The van der Waals surface area contributed by atoms with Crippen molar-refractivity contribution in [2.75, 3.05) is 0 Å². The van der Waals surface area contributed by atoms with E-state index in [1.165, 1.54) is 18.4 Å². The smallest absolute Gasteiger partial charge is 0.119 e. The van der Waals surface area contributed by atoms with Crippen molar-refractivity contribution in [2.24, 2.45) is 11.7 Å². The number of nitrogens with two attached hydrogens (primary N) is 1. The minimum absolute atomic E-state index is 0. The van der Waals surface area contributed by atoms with Crippen LogP contribution in [-0.2, 0) is 0 Å². The minimum atomic E-state index is 0. The first-order valence-corrected chi connectivity index (χ1v) is 6.17. The lowest BCUT2D eigenvalue weighted by atomic mass is 10.0. The average molecular weight is 256 g/mol. The van der Waals surface area contributed by atoms with Crippen LogP contribution in [0.5, 0.6) is 5.75 Å². The summed E-state index contributed by atoms with van der Waals surface area (Å²) in [6.45, 7) is 4.07. The monoisotopic (exact) mass is 255 g/mol. The van der Waals surface area contributed by atoms with Gasteiger partial charge in [-0.2, -0.15) is 0 Å². The molecule has 0 aliphatic heterocycles. The van der Waals surface area contributed by atoms with E-state index in [4.69, 9.17) is 10.5 Å². The van der Waals surface area contributed by atoms with Gasteiger partial charge in [0, 0.05) is 6.04 Å². The minimum Gasteiger partial charge on any atom is -0.491 e. The molecular formula is C14H22ClNO. The van der Waals surface area contributed by atoms with E-state index < -0.39 is 0 Å². The van der Waals surface area contributed by atoms with E-state index in [0.717, 1.165) is 18.1 Å². The van der Waals surface area contributed by atoms with Crippen molar-refractivity contribution in [3.63, 3.8) is 0 Å². The topological polar surface area (TPSA) is 35.2 Å². The predicted octanol–water partition coefficient (Wildman–Crippen LogP) is 3.70. The molecule has 2 N–H and O–H groups in total. The van der Waals surface area contributed by atoms with Gasteiger partial charge in [-0.05, 0) is 43.9 Å². The van der Waals surface area contributed by atoms with Crippen LogP contribution >= 0.6 is 12.4 Å². The first-order valence-electron chi connectivity index (χ1n) is 6.17. The fourth-order valence-electron chi connectivity index (χ4n) is 1.91. The lowest BCUT2D eigenvalue weighted by molar-refractivity contribution is 0.242. The number of hydrogen-bond acceptors (Lipinski definition) is 2. The van der Waals surface area contributed by atoms with Crippen molar-refractivity contribution >= 4 is 12.4 Å². The van der Waals surface area contributed by atoms with Crippen molar-refractivity contribution in [2.45, 2.75) is 45.3 Å². The van der Waals surface area contributed by atoms with E-state index in [0.29, 0.717) is 0 Å². The molecule has 0 saturated heterocycles. The standard InChI is InChI=1S/C14H21NO.ClH/c1-10(2)16-13-7-5-12(6-8-13)14(15)9-11-3-4-11;/h5-8,10-11,14H,3-4,9,15H2,1-2H3;1H/t14-;/m1./s1. The normalized spacial score (nSPS) is 16.5. The van der Waals surface area contributed by atoms with E-state index in [9.17, 15) is 0 Å². The zero-order chi connectivity index (χ0) is 11.5. The molecule has 3 heteroatoms. The molecule has 1 aromatic carbocycles. The molecule has 0 heterocycles. The first-order chi connectivity index (χ1) is 7.65. The highest BCUT2D eigenvalue weighted by molar-refractivity contribution is 5.85. The zero-order valence-electron chi connectivity index (χ0n) is 10.6. The molecule has 2 nitrogen and oxygen atoms in total. The third-order valence-corrected chi connectivity index (χ3v) is 2.96. The molecule has 0 aromatic heterocycles. The van der Waals surface area contributed by atoms with Crippen molar-refractivity contribution in [3.05, 3.63) is 29.8 Å². The van der Waals surface area contributed by atoms with E-state index >= 15 is 0 Å². The second kappa shape index (κ2) is 6.27. The van der Waals surface area contributed by atoms with E-state index in [2.05, 4.69) is 12.1 Å². The van der Waals surface area contributed by atoms with Gasteiger partial charge < -0.3 is 10.5 Å². The molecule has 2 rings (SSSR count). The fourth-order valence-corrected chi connectivity index (χ4v) is 1.91. The Morgan fingerprint density at radius 1 is 1.24 bits per heavy atom. The third kappa shape index (κ3) is 4.57. The van der Waals surface area contributed by atoms with Crippen LogP contribution in [0.4, 0.5) is 0 Å². The van der Waals surface area contributed by atoms with Gasteiger partial charge in [-0.15, -0.1) is 12.4 Å². The van der Waals surface area contributed by atoms with Crippen LogP contribution in [0.2, 0.25) is 0 Å². The van der Waals surface area contributed by atoms with Gasteiger partial charge in [0.2, 0.25) is 0 Å². The van der Waals surface area contributed by atoms with Crippen LogP contribution in [0.3, 0.4) is 0 Å². The molecule has 1 aromatic rings. The van der Waals surface area contributed by atoms with Crippen molar-refractivity contribution in [1.82, 2.24) is 0 Å². The van der Waals surface area contributed by atoms with Crippen LogP contribution in [0.15, 0.2) is 24.3 Å². The highest BCUT2D eigenvalue weighted by Crippen LogP contribution is 2.36. The number of ether oxygens (including phenoxy) is 1. The predicted molar refractivity (Wildman–Crippen MR) is 73.7 cm³/mol. The second-order valence-corrected chi connectivity index (χ2v) is 5.02. The quantitative estimate of drug-likeness (QED) is 0.871. The molecular weight excluding hydrogens is 234 g/mol. The SMILES string of the molecule is CC(C)Oc1ccc([C@H](N)CC2CC2)cc1.Cl. The summed E-state index contributed by atoms with van der Waals surface area (Å²) in [4.78, 5) is 0. The molecule has 0 spiro atoms. The van der Waals surface area contributed by atoms with Gasteiger partial charge in [0.1, 0.15) is 5.75 Å². The first kappa shape index (κ1) is 14.3. The molecule has 96 valence electrons.